The van der Waals surface area contributed by atoms with Crippen LogP contribution in [0.15, 0.2) is 54.9 Å². The molecule has 0 radical (unpaired) electrons. The maximum atomic E-state index is 12.7. The topological polar surface area (TPSA) is 120 Å². The van der Waals surface area contributed by atoms with Crippen LogP contribution in [0.5, 0.6) is 0 Å². The molecule has 8 heteroatoms. The van der Waals surface area contributed by atoms with Gasteiger partial charge in [-0.2, -0.15) is 0 Å². The Morgan fingerprint density at radius 1 is 1.00 bits per heavy atom. The van der Waals surface area contributed by atoms with Crippen LogP contribution in [0.2, 0.25) is 0 Å². The zero-order valence-corrected chi connectivity index (χ0v) is 16.1. The number of carbonyl (C=O) groups excluding carboxylic acids is 3. The summed E-state index contributed by atoms with van der Waals surface area (Å²) in [5.41, 5.74) is 2.94. The summed E-state index contributed by atoms with van der Waals surface area (Å²) in [6.07, 6.45) is 5.59. The van der Waals surface area contributed by atoms with E-state index in [1.165, 1.54) is 6.20 Å². The van der Waals surface area contributed by atoms with Crippen molar-refractivity contribution in [2.75, 3.05) is 0 Å². The van der Waals surface area contributed by atoms with Crippen LogP contribution in [0, 0.1) is 0 Å². The molecular formula is C21H26N4O4. The zero-order chi connectivity index (χ0) is 20.9. The average molecular weight is 398 g/mol. The number of hydroxylamine groups is 1. The molecule has 1 aromatic heterocycles. The molecule has 4 N–H and O–H groups in total. The van der Waals surface area contributed by atoms with E-state index >= 15 is 0 Å². The fourth-order valence-corrected chi connectivity index (χ4v) is 2.78. The van der Waals surface area contributed by atoms with Crippen LogP contribution in [0.3, 0.4) is 0 Å². The smallest absolute Gasteiger partial charge is 0.253 e. The highest BCUT2D eigenvalue weighted by molar-refractivity contribution is 5.97. The lowest BCUT2D eigenvalue weighted by molar-refractivity contribution is -0.129. The number of carbonyl (C=O) groups is 3. The van der Waals surface area contributed by atoms with Crippen molar-refractivity contribution in [2.24, 2.45) is 0 Å². The van der Waals surface area contributed by atoms with Gasteiger partial charge in [-0.15, -0.1) is 0 Å². The number of nitrogens with zero attached hydrogens (tertiary/aromatic N) is 1. The lowest BCUT2D eigenvalue weighted by Gasteiger charge is -2.18. The first-order valence-electron chi connectivity index (χ1n) is 9.55. The molecule has 0 bridgehead atoms. The van der Waals surface area contributed by atoms with Crippen LogP contribution in [-0.4, -0.2) is 34.0 Å². The minimum absolute atomic E-state index is 0.212. The molecule has 154 valence electrons. The molecule has 0 saturated heterocycles. The Morgan fingerprint density at radius 2 is 1.79 bits per heavy atom. The molecule has 1 unspecified atom stereocenters. The molecule has 0 aliphatic carbocycles. The highest BCUT2D eigenvalue weighted by Gasteiger charge is 2.21. The standard InChI is InChI=1S/C21H26N4O4/c26-19(25-29)12-6-2-5-11-18(24-20(27)17-10-7-13-22-15-17)21(28)23-14-16-8-3-1-4-9-16/h1,3-4,7-10,13,15,18,29H,2,5-6,11-12,14H2,(H,23,28)(H,24,27)(H,25,26). The van der Waals surface area contributed by atoms with Crippen molar-refractivity contribution in [1.82, 2.24) is 21.1 Å². The minimum Gasteiger partial charge on any atom is -0.350 e. The molecule has 1 aromatic carbocycles. The number of pyridine rings is 1. The highest BCUT2D eigenvalue weighted by Crippen LogP contribution is 2.08. The summed E-state index contributed by atoms with van der Waals surface area (Å²) in [6.45, 7) is 0.371. The van der Waals surface area contributed by atoms with E-state index < -0.39 is 11.9 Å². The lowest BCUT2D eigenvalue weighted by Crippen LogP contribution is -2.46. The Balaban J connectivity index is 1.91. The molecule has 0 spiro atoms. The summed E-state index contributed by atoms with van der Waals surface area (Å²) in [7, 11) is 0. The fraction of sp³-hybridized carbons (Fsp3) is 0.333. The van der Waals surface area contributed by atoms with E-state index in [9.17, 15) is 14.4 Å². The van der Waals surface area contributed by atoms with Gasteiger partial charge in [-0.05, 0) is 30.5 Å². The second-order valence-electron chi connectivity index (χ2n) is 6.61. The molecule has 0 saturated carbocycles. The monoisotopic (exact) mass is 398 g/mol. The molecule has 1 atom stereocenters. The van der Waals surface area contributed by atoms with Gasteiger partial charge in [-0.1, -0.05) is 43.2 Å². The Kier molecular flexibility index (Phi) is 9.31. The SMILES string of the molecule is O=C(CCCCCC(NC(=O)c1cccnc1)C(=O)NCc1ccccc1)NO. The Morgan fingerprint density at radius 3 is 2.48 bits per heavy atom. The number of rotatable bonds is 11. The fourth-order valence-electron chi connectivity index (χ4n) is 2.78. The van der Waals surface area contributed by atoms with Crippen LogP contribution < -0.4 is 16.1 Å². The summed E-state index contributed by atoms with van der Waals surface area (Å²) < 4.78 is 0. The third-order valence-corrected chi connectivity index (χ3v) is 4.38. The summed E-state index contributed by atoms with van der Waals surface area (Å²) in [5, 5.41) is 14.1. The molecule has 2 aromatic rings. The number of hydrogen-bond donors (Lipinski definition) is 4. The van der Waals surface area contributed by atoms with Gasteiger partial charge < -0.3 is 10.6 Å². The van der Waals surface area contributed by atoms with Crippen molar-refractivity contribution < 1.29 is 19.6 Å². The van der Waals surface area contributed by atoms with Gasteiger partial charge >= 0.3 is 0 Å². The maximum Gasteiger partial charge on any atom is 0.253 e. The Bertz CT molecular complexity index is 784. The number of aromatic nitrogens is 1. The second-order valence-corrected chi connectivity index (χ2v) is 6.61. The quantitative estimate of drug-likeness (QED) is 0.262. The van der Waals surface area contributed by atoms with E-state index in [1.807, 2.05) is 30.3 Å². The average Bonchev–Trinajstić information content (AvgIpc) is 2.77. The second kappa shape index (κ2) is 12.2. The number of hydrogen-bond acceptors (Lipinski definition) is 5. The summed E-state index contributed by atoms with van der Waals surface area (Å²) >= 11 is 0. The van der Waals surface area contributed by atoms with E-state index in [4.69, 9.17) is 5.21 Å². The van der Waals surface area contributed by atoms with Crippen molar-refractivity contribution >= 4 is 17.7 Å². The summed E-state index contributed by atoms with van der Waals surface area (Å²) in [4.78, 5) is 40.1. The lowest BCUT2D eigenvalue weighted by atomic mass is 10.1. The van der Waals surface area contributed by atoms with E-state index in [1.54, 1.807) is 23.8 Å². The van der Waals surface area contributed by atoms with E-state index in [-0.39, 0.29) is 18.2 Å². The van der Waals surface area contributed by atoms with Gasteiger partial charge in [-0.25, -0.2) is 5.48 Å². The number of amides is 3. The van der Waals surface area contributed by atoms with Crippen molar-refractivity contribution in [1.29, 1.82) is 0 Å². The van der Waals surface area contributed by atoms with Gasteiger partial charge in [0.1, 0.15) is 6.04 Å². The van der Waals surface area contributed by atoms with Crippen molar-refractivity contribution in [2.45, 2.75) is 44.7 Å². The van der Waals surface area contributed by atoms with Gasteiger partial charge in [0, 0.05) is 25.4 Å². The first-order valence-corrected chi connectivity index (χ1v) is 9.55. The van der Waals surface area contributed by atoms with Gasteiger partial charge in [0.15, 0.2) is 0 Å². The predicted octanol–water partition coefficient (Wildman–Crippen LogP) is 1.95. The molecular weight excluding hydrogens is 372 g/mol. The van der Waals surface area contributed by atoms with Gasteiger partial charge in [0.25, 0.3) is 5.91 Å². The van der Waals surface area contributed by atoms with Crippen LogP contribution >= 0.6 is 0 Å². The van der Waals surface area contributed by atoms with Crippen LogP contribution in [0.25, 0.3) is 0 Å². The first-order chi connectivity index (χ1) is 14.1. The van der Waals surface area contributed by atoms with Gasteiger partial charge in [-0.3, -0.25) is 24.6 Å². The van der Waals surface area contributed by atoms with Crippen LogP contribution in [-0.2, 0) is 16.1 Å². The number of nitrogens with one attached hydrogen (secondary N) is 3. The van der Waals surface area contributed by atoms with E-state index in [2.05, 4.69) is 15.6 Å². The maximum absolute atomic E-state index is 12.7. The highest BCUT2D eigenvalue weighted by atomic mass is 16.5. The zero-order valence-electron chi connectivity index (χ0n) is 16.1. The molecule has 8 nitrogen and oxygen atoms in total. The molecule has 1 heterocycles. The molecule has 0 fully saturated rings. The van der Waals surface area contributed by atoms with Crippen LogP contribution in [0.4, 0.5) is 0 Å². The number of benzene rings is 1. The Hall–Kier alpha value is -3.26. The minimum atomic E-state index is -0.696. The normalized spacial score (nSPS) is 11.3. The largest absolute Gasteiger partial charge is 0.350 e. The molecule has 2 rings (SSSR count). The van der Waals surface area contributed by atoms with Crippen LogP contribution in [0.1, 0.15) is 48.0 Å². The van der Waals surface area contributed by atoms with Gasteiger partial charge in [0.05, 0.1) is 5.56 Å². The van der Waals surface area contributed by atoms with Gasteiger partial charge in [0.2, 0.25) is 11.8 Å². The van der Waals surface area contributed by atoms with Crippen molar-refractivity contribution in [3.63, 3.8) is 0 Å². The Labute approximate surface area is 169 Å². The predicted molar refractivity (Wildman–Crippen MR) is 107 cm³/mol. The first kappa shape index (κ1) is 22.0. The summed E-state index contributed by atoms with van der Waals surface area (Å²) in [5.74, 6) is -1.07. The molecule has 0 aliphatic rings. The summed E-state index contributed by atoms with van der Waals surface area (Å²) in [6, 6.07) is 12.1. The molecule has 3 amide bonds. The molecule has 0 aliphatic heterocycles. The van der Waals surface area contributed by atoms with E-state index in [0.717, 1.165) is 5.56 Å². The third-order valence-electron chi connectivity index (χ3n) is 4.38. The van der Waals surface area contributed by atoms with Crippen molar-refractivity contribution in [3.05, 3.63) is 66.0 Å². The van der Waals surface area contributed by atoms with E-state index in [0.29, 0.717) is 37.8 Å². The number of unbranched alkanes of at least 4 members (excludes halogenated alkanes) is 2. The third kappa shape index (κ3) is 8.10. The van der Waals surface area contributed by atoms with Crippen molar-refractivity contribution in [3.8, 4) is 0 Å². The molecule has 29 heavy (non-hydrogen) atoms.